The minimum absolute atomic E-state index is 0.0430. The molecule has 9 aromatic rings. The number of ether oxygens (including phenoxy) is 5. The van der Waals surface area contributed by atoms with Gasteiger partial charge in [0.25, 0.3) is 5.79 Å². The average Bonchev–Trinajstić information content (AvgIpc) is 1.56. The zero-order chi connectivity index (χ0) is 102. The van der Waals surface area contributed by atoms with Crippen molar-refractivity contribution >= 4 is 92.8 Å². The molecule has 25 nitrogen and oxygen atoms in total. The number of nitrogens with zero attached hydrogens (tertiary/aromatic N) is 7. The molecule has 0 amide bonds. The highest BCUT2D eigenvalue weighted by atomic mass is 32.1. The summed E-state index contributed by atoms with van der Waals surface area (Å²) in [6.07, 6.45) is 8.02. The van der Waals surface area contributed by atoms with Crippen LogP contribution in [-0.4, -0.2) is 224 Å². The first kappa shape index (κ1) is 107. The number of carbonyl (C=O) groups excluding carboxylic acids is 10. The standard InChI is InChI=1S/C41H52N4O5.C38H43NO6.C37H38N2O7S/c1-7-43(8-2)22-21-36(42-50-37(46)28-44(9-3)10-4)39(47)30-17-15-29(16-18-30)38-33-14-12-11-13-32(33)35-27-31(19-20-34(35)38)40(48)41(5,6)45-23-25-49-26-24-45;1-6-37(7-2)32-20-18-27(35(41)34(39-45-25(3)40)22-26-14-10-8-11-15-26)23-30(32)31-24-28(19-21-33(31)37)36(42)38(43-4,44-5)29-16-12-9-13-17-29;1-5-26(47)21-33(41)46-38-31(22-32(40)44-4)35(42)24-12-10-23(11-13-24)34-28-9-7-6-8-27(28)30-20-25(14-15-29(30)34)36(43)37(2,3)39-16-18-45-19-17-39/h11-20,27,38H,7-10,21-26,28H2,1-6H3;9,12-13,16-21,23-24,26H,6-8,10-11,14-15,22H2,1-5H3;6-15,20,34H,5,16-19,21-22H2,1-4H3/b42-36+;39-34+;38-31+. The molecule has 2 unspecified atom stereocenters. The fourth-order valence-electron chi connectivity index (χ4n) is 20.6. The van der Waals surface area contributed by atoms with Crippen molar-refractivity contribution in [3.05, 3.63) is 284 Å². The SMILES string of the molecule is CCC(=S)CC(=O)O/N=C(\CC(=O)OC)C(=O)c1ccc(C2c3ccccc3-c3cc(C(=O)C(C)(C)N4CCOCC4)ccc32)cc1.CCC1(CC)c2ccc(C(=O)/C(CC3CCCCC3)=N/OC(C)=O)cc2-c2cc(C(=O)C(OC)(OC)c3ccccc3)ccc21.CCN(CC)CC/C(=N\OC(=O)CN(CC)CC)C(=O)c1ccc(C2c3ccccc3-c3cc(C(=O)C(C)(C)N4CCOCC4)ccc32)cc1. The number of methoxy groups -OCH3 is 3. The maximum Gasteiger partial charge on any atom is 0.348 e. The zero-order valence-corrected chi connectivity index (χ0v) is 85.4. The van der Waals surface area contributed by atoms with Gasteiger partial charge in [-0.1, -0.05) is 284 Å². The number of oxime groups is 3. The lowest BCUT2D eigenvalue weighted by Crippen LogP contribution is -2.54. The number of hydrogen-bond acceptors (Lipinski definition) is 26. The maximum atomic E-state index is 14.2. The summed E-state index contributed by atoms with van der Waals surface area (Å²) in [6, 6.07) is 64.1. The Balaban J connectivity index is 0.000000179. The van der Waals surface area contributed by atoms with Crippen molar-refractivity contribution in [3.63, 3.8) is 0 Å². The van der Waals surface area contributed by atoms with Crippen LogP contribution in [0.15, 0.2) is 216 Å². The Kier molecular flexibility index (Phi) is 36.6. The highest BCUT2D eigenvalue weighted by Crippen LogP contribution is 2.55. The number of likely N-dealkylation sites (N-methyl/N-ethyl adjacent to an activating group) is 1. The number of rotatable bonds is 40. The first-order valence-electron chi connectivity index (χ1n) is 49.8. The van der Waals surface area contributed by atoms with Gasteiger partial charge in [-0.25, -0.2) is 14.4 Å². The van der Waals surface area contributed by atoms with E-state index < -0.39 is 52.9 Å². The van der Waals surface area contributed by atoms with Gasteiger partial charge < -0.3 is 43.1 Å². The van der Waals surface area contributed by atoms with Gasteiger partial charge in [0.15, 0.2) is 11.6 Å². The molecule has 0 N–H and O–H groups in total. The third kappa shape index (κ3) is 23.7. The van der Waals surface area contributed by atoms with E-state index in [9.17, 15) is 47.9 Å². The fourth-order valence-corrected chi connectivity index (χ4v) is 20.7. The number of carbonyl (C=O) groups is 10. The van der Waals surface area contributed by atoms with Gasteiger partial charge in [-0.2, -0.15) is 0 Å². The summed E-state index contributed by atoms with van der Waals surface area (Å²) in [5, 5.41) is 11.9. The van der Waals surface area contributed by atoms with E-state index in [-0.39, 0.29) is 81.8 Å². The monoisotopic (exact) mass is 1940 g/mol. The van der Waals surface area contributed by atoms with E-state index in [0.29, 0.717) is 109 Å². The summed E-state index contributed by atoms with van der Waals surface area (Å²) < 4.78 is 27.3. The lowest BCUT2D eigenvalue weighted by atomic mass is 9.73. The van der Waals surface area contributed by atoms with Crippen LogP contribution in [0.2, 0.25) is 0 Å². The lowest BCUT2D eigenvalue weighted by Gasteiger charge is -2.39. The molecule has 0 bridgehead atoms. The fraction of sp³-hybridized carbons (Fsp3) is 0.414. The molecule has 9 aromatic carbocycles. The number of esters is 1. The minimum atomic E-state index is -1.61. The van der Waals surface area contributed by atoms with Crippen molar-refractivity contribution in [2.45, 2.75) is 194 Å². The summed E-state index contributed by atoms with van der Waals surface area (Å²) in [4.78, 5) is 156. The van der Waals surface area contributed by atoms with Crippen LogP contribution >= 0.6 is 12.2 Å². The molecule has 26 heteroatoms. The van der Waals surface area contributed by atoms with Crippen molar-refractivity contribution in [1.82, 2.24) is 19.6 Å². The molecule has 6 aliphatic rings. The van der Waals surface area contributed by atoms with Crippen LogP contribution in [0.4, 0.5) is 0 Å². The normalized spacial score (nSPS) is 16.2. The Morgan fingerprint density at radius 2 is 0.845 bits per heavy atom. The second kappa shape index (κ2) is 48.6. The second-order valence-electron chi connectivity index (χ2n) is 37.8. The van der Waals surface area contributed by atoms with Crippen LogP contribution in [0.3, 0.4) is 0 Å². The van der Waals surface area contributed by atoms with Crippen molar-refractivity contribution < 1.29 is 86.1 Å². The van der Waals surface area contributed by atoms with E-state index in [1.807, 2.05) is 205 Å². The van der Waals surface area contributed by atoms with Gasteiger partial charge >= 0.3 is 23.9 Å². The molecule has 2 heterocycles. The third-order valence-electron chi connectivity index (χ3n) is 29.1. The van der Waals surface area contributed by atoms with Crippen LogP contribution in [0, 0.1) is 5.92 Å². The summed E-state index contributed by atoms with van der Waals surface area (Å²) in [5.74, 6) is -5.09. The average molecular weight is 1950 g/mol. The Morgan fingerprint density at radius 1 is 0.430 bits per heavy atom. The summed E-state index contributed by atoms with van der Waals surface area (Å²) in [7, 11) is 4.14. The lowest BCUT2D eigenvalue weighted by molar-refractivity contribution is -0.176. The summed E-state index contributed by atoms with van der Waals surface area (Å²) >= 11 is 5.08. The largest absolute Gasteiger partial charge is 0.469 e. The predicted molar refractivity (Wildman–Crippen MR) is 555 cm³/mol. The number of ketones is 6. The molecule has 0 radical (unpaired) electrons. The molecule has 0 aromatic heterocycles. The highest BCUT2D eigenvalue weighted by molar-refractivity contribution is 7.80. The van der Waals surface area contributed by atoms with Gasteiger partial charge in [0.05, 0.1) is 64.0 Å². The van der Waals surface area contributed by atoms with Gasteiger partial charge in [-0.3, -0.25) is 48.3 Å². The van der Waals surface area contributed by atoms with E-state index in [1.54, 1.807) is 12.1 Å². The zero-order valence-electron chi connectivity index (χ0n) is 84.6. The summed E-state index contributed by atoms with van der Waals surface area (Å²) in [5.41, 5.74) is 17.1. The molecule has 2 atom stereocenters. The van der Waals surface area contributed by atoms with E-state index in [4.69, 9.17) is 50.4 Å². The Bertz CT molecular complexity index is 6210. The number of fused-ring (bicyclic) bond motifs is 9. The smallest absolute Gasteiger partial charge is 0.348 e. The number of thiocarbonyl (C=S) groups is 1. The predicted octanol–water partition coefficient (Wildman–Crippen LogP) is 20.4. The number of Topliss-reactive ketones (excluding diaryl/α,β-unsaturated/α-hetero) is 6. The molecule has 142 heavy (non-hydrogen) atoms. The first-order valence-corrected chi connectivity index (χ1v) is 50.2. The van der Waals surface area contributed by atoms with Gasteiger partial charge in [0.1, 0.15) is 17.1 Å². The van der Waals surface area contributed by atoms with Crippen molar-refractivity contribution in [2.24, 2.45) is 21.4 Å². The Hall–Kier alpha value is -12.3. The molecule has 0 spiro atoms. The van der Waals surface area contributed by atoms with Crippen molar-refractivity contribution in [3.8, 4) is 33.4 Å². The first-order chi connectivity index (χ1) is 68.4. The van der Waals surface area contributed by atoms with Gasteiger partial charge in [0, 0.05) is 121 Å². The topological polar surface area (TPSA) is 295 Å². The van der Waals surface area contributed by atoms with Crippen molar-refractivity contribution in [1.29, 1.82) is 0 Å². The van der Waals surface area contributed by atoms with Crippen LogP contribution in [0.25, 0.3) is 33.4 Å². The van der Waals surface area contributed by atoms with Gasteiger partial charge in [-0.15, -0.1) is 0 Å². The van der Waals surface area contributed by atoms with E-state index >= 15 is 0 Å². The molecule has 2 aliphatic heterocycles. The van der Waals surface area contributed by atoms with Crippen LogP contribution in [-0.2, 0) is 68.6 Å². The van der Waals surface area contributed by atoms with Crippen LogP contribution < -0.4 is 0 Å². The Morgan fingerprint density at radius 3 is 1.32 bits per heavy atom. The molecule has 2 saturated heterocycles. The molecule has 15 rings (SSSR count). The third-order valence-corrected chi connectivity index (χ3v) is 29.5. The molecular formula is C116H133N7O18S. The summed E-state index contributed by atoms with van der Waals surface area (Å²) in [6.45, 7) is 32.8. The molecule has 4 aliphatic carbocycles. The molecule has 3 fully saturated rings. The number of morpholine rings is 2. The van der Waals surface area contributed by atoms with E-state index in [0.717, 1.165) is 150 Å². The van der Waals surface area contributed by atoms with Gasteiger partial charge in [-0.05, 0) is 188 Å². The Labute approximate surface area is 839 Å². The number of hydrogen-bond donors (Lipinski definition) is 0. The maximum absolute atomic E-state index is 14.2. The quantitative estimate of drug-likeness (QED) is 0.00655. The molecule has 746 valence electrons. The van der Waals surface area contributed by atoms with E-state index in [1.165, 1.54) is 40.2 Å². The molecule has 1 saturated carbocycles. The highest BCUT2D eigenvalue weighted by Gasteiger charge is 2.47. The van der Waals surface area contributed by atoms with Crippen LogP contribution in [0.5, 0.6) is 0 Å². The minimum Gasteiger partial charge on any atom is -0.469 e. The number of benzene rings is 9. The second-order valence-corrected chi connectivity index (χ2v) is 38.4. The van der Waals surface area contributed by atoms with Gasteiger partial charge in [0.2, 0.25) is 23.1 Å². The molecular weight excluding hydrogens is 1810 g/mol. The van der Waals surface area contributed by atoms with E-state index in [2.05, 4.69) is 94.3 Å². The van der Waals surface area contributed by atoms with Crippen molar-refractivity contribution in [2.75, 3.05) is 113 Å². The van der Waals surface area contributed by atoms with Crippen LogP contribution in [0.1, 0.15) is 284 Å².